The highest BCUT2D eigenvalue weighted by molar-refractivity contribution is 7.89. The van der Waals surface area contributed by atoms with Crippen LogP contribution in [0.25, 0.3) is 0 Å². The Balaban J connectivity index is 0.00000151. The zero-order valence-corrected chi connectivity index (χ0v) is 18.8. The van der Waals surface area contributed by atoms with Crippen molar-refractivity contribution >= 4 is 21.6 Å². The van der Waals surface area contributed by atoms with Gasteiger partial charge in [-0.1, -0.05) is 28.8 Å². The summed E-state index contributed by atoms with van der Waals surface area (Å²) in [7, 11) is 1.88. The molecule has 0 spiro atoms. The molecule has 11 nitrogen and oxygen atoms in total. The van der Waals surface area contributed by atoms with E-state index in [0.29, 0.717) is 11.0 Å². The van der Waals surface area contributed by atoms with Gasteiger partial charge in [-0.2, -0.15) is 0 Å². The van der Waals surface area contributed by atoms with E-state index in [2.05, 4.69) is 16.6 Å². The Morgan fingerprint density at radius 3 is 2.52 bits per heavy atom. The second-order valence-electron chi connectivity index (χ2n) is 6.51. The third kappa shape index (κ3) is 6.67. The zero-order chi connectivity index (χ0) is 23.6. The lowest BCUT2D eigenvalue weighted by molar-refractivity contribution is -0.387. The number of hydroxylamine groups is 1. The molecule has 1 N–H and O–H groups in total. The maximum absolute atomic E-state index is 13.3. The van der Waals surface area contributed by atoms with Crippen molar-refractivity contribution in [1.29, 1.82) is 0 Å². The SMILES string of the molecule is C=CCON(C1CNCC=C1C(=O)N(C)C)S(=O)(=O)c1ccccc1[N+](=O)[O-].COC. The summed E-state index contributed by atoms with van der Waals surface area (Å²) in [6, 6.07) is 3.97. The third-order valence-electron chi connectivity index (χ3n) is 3.97. The van der Waals surface area contributed by atoms with Gasteiger partial charge < -0.3 is 15.0 Å². The monoisotopic (exact) mass is 456 g/mol. The van der Waals surface area contributed by atoms with E-state index in [1.807, 2.05) is 0 Å². The van der Waals surface area contributed by atoms with Gasteiger partial charge in [-0.15, -0.1) is 6.58 Å². The lowest BCUT2D eigenvalue weighted by Gasteiger charge is -2.33. The standard InChI is InChI=1S/C17H22N4O6S.C2H6O/c1-4-11-27-21(15-12-18-10-9-13(15)17(22)19(2)3)28(25,26)16-8-6-5-7-14(16)20(23)24;1-3-2/h4-9,15,18H,1,10-12H2,2-3H3;1-2H3. The molecule has 0 fully saturated rings. The predicted octanol–water partition coefficient (Wildman–Crippen LogP) is 0.952. The number of carbonyl (C=O) groups is 1. The largest absolute Gasteiger partial charge is 0.388 e. The number of carbonyl (C=O) groups excluding carboxylic acids is 1. The van der Waals surface area contributed by atoms with Crippen molar-refractivity contribution in [3.8, 4) is 0 Å². The summed E-state index contributed by atoms with van der Waals surface area (Å²) < 4.78 is 31.5. The Kier molecular flexibility index (Phi) is 10.4. The van der Waals surface area contributed by atoms with Gasteiger partial charge in [-0.25, -0.2) is 8.42 Å². The Labute approximate surface area is 182 Å². The summed E-state index contributed by atoms with van der Waals surface area (Å²) >= 11 is 0. The van der Waals surface area contributed by atoms with Crippen LogP contribution in [0.3, 0.4) is 0 Å². The number of sulfonamides is 1. The normalized spacial score (nSPS) is 16.0. The summed E-state index contributed by atoms with van der Waals surface area (Å²) in [5.41, 5.74) is -0.363. The quantitative estimate of drug-likeness (QED) is 0.348. The number of methoxy groups -OCH3 is 1. The first-order chi connectivity index (χ1) is 14.6. The first-order valence-corrected chi connectivity index (χ1v) is 10.6. The van der Waals surface area contributed by atoms with E-state index in [-0.39, 0.29) is 24.6 Å². The second-order valence-corrected chi connectivity index (χ2v) is 8.26. The maximum atomic E-state index is 13.3. The number of rotatable bonds is 8. The molecule has 1 atom stereocenters. The number of benzene rings is 1. The summed E-state index contributed by atoms with van der Waals surface area (Å²) in [6.07, 6.45) is 2.92. The molecule has 1 heterocycles. The van der Waals surface area contributed by atoms with Gasteiger partial charge in [0.05, 0.1) is 17.6 Å². The fourth-order valence-electron chi connectivity index (χ4n) is 2.70. The maximum Gasteiger partial charge on any atom is 0.289 e. The molecule has 172 valence electrons. The molecule has 0 saturated carbocycles. The molecule has 0 aromatic heterocycles. The van der Waals surface area contributed by atoms with Crippen LogP contribution in [0.2, 0.25) is 0 Å². The fourth-order valence-corrected chi connectivity index (χ4v) is 4.27. The van der Waals surface area contributed by atoms with E-state index < -0.39 is 31.6 Å². The number of likely N-dealkylation sites (N-methyl/N-ethyl adjacent to an activating group) is 1. The molecule has 2 rings (SSSR count). The van der Waals surface area contributed by atoms with Gasteiger partial charge >= 0.3 is 0 Å². The van der Waals surface area contributed by atoms with Gasteiger partial charge in [-0.3, -0.25) is 19.7 Å². The fraction of sp³-hybridized carbons (Fsp3) is 0.421. The molecule has 1 amide bonds. The molecular weight excluding hydrogens is 428 g/mol. The van der Waals surface area contributed by atoms with Crippen LogP contribution in [-0.4, -0.2) is 82.7 Å². The first-order valence-electron chi connectivity index (χ1n) is 9.17. The smallest absolute Gasteiger partial charge is 0.289 e. The molecule has 0 aliphatic carbocycles. The number of amides is 1. The van der Waals surface area contributed by atoms with Crippen molar-refractivity contribution < 1.29 is 27.7 Å². The number of nitrogens with zero attached hydrogens (tertiary/aromatic N) is 3. The molecule has 1 aliphatic heterocycles. The van der Waals surface area contributed by atoms with Crippen LogP contribution in [0.15, 0.2) is 53.5 Å². The van der Waals surface area contributed by atoms with Crippen molar-refractivity contribution in [1.82, 2.24) is 14.7 Å². The minimum absolute atomic E-state index is 0.0996. The number of nitro benzene ring substituents is 1. The van der Waals surface area contributed by atoms with Crippen LogP contribution < -0.4 is 5.32 Å². The van der Waals surface area contributed by atoms with E-state index in [1.165, 1.54) is 23.1 Å². The van der Waals surface area contributed by atoms with Crippen LogP contribution in [0.1, 0.15) is 0 Å². The lowest BCUT2D eigenvalue weighted by atomic mass is 10.0. The lowest BCUT2D eigenvalue weighted by Crippen LogP contribution is -2.51. The number of nitro groups is 1. The molecule has 0 radical (unpaired) electrons. The Morgan fingerprint density at radius 1 is 1.35 bits per heavy atom. The van der Waals surface area contributed by atoms with Crippen LogP contribution in [-0.2, 0) is 24.4 Å². The molecule has 12 heteroatoms. The van der Waals surface area contributed by atoms with Crippen molar-refractivity contribution in [2.24, 2.45) is 0 Å². The summed E-state index contributed by atoms with van der Waals surface area (Å²) in [5, 5.41) is 14.3. The molecule has 1 unspecified atom stereocenters. The minimum Gasteiger partial charge on any atom is -0.388 e. The van der Waals surface area contributed by atoms with Crippen LogP contribution in [0.5, 0.6) is 0 Å². The molecule has 1 aromatic carbocycles. The molecule has 0 bridgehead atoms. The van der Waals surface area contributed by atoms with E-state index in [0.717, 1.165) is 12.1 Å². The number of hydrogen-bond acceptors (Lipinski definition) is 8. The van der Waals surface area contributed by atoms with Crippen LogP contribution >= 0.6 is 0 Å². The highest BCUT2D eigenvalue weighted by atomic mass is 32.2. The Hall–Kier alpha value is -2.64. The Morgan fingerprint density at radius 2 is 1.97 bits per heavy atom. The van der Waals surface area contributed by atoms with Crippen molar-refractivity contribution in [2.45, 2.75) is 10.9 Å². The van der Waals surface area contributed by atoms with Crippen LogP contribution in [0.4, 0.5) is 5.69 Å². The van der Waals surface area contributed by atoms with Crippen molar-refractivity contribution in [3.63, 3.8) is 0 Å². The van der Waals surface area contributed by atoms with Crippen LogP contribution in [0, 0.1) is 10.1 Å². The third-order valence-corrected chi connectivity index (χ3v) is 5.70. The van der Waals surface area contributed by atoms with E-state index in [4.69, 9.17) is 4.84 Å². The van der Waals surface area contributed by atoms with Crippen molar-refractivity contribution in [2.75, 3.05) is 48.0 Å². The first kappa shape index (κ1) is 26.4. The minimum atomic E-state index is -4.47. The summed E-state index contributed by atoms with van der Waals surface area (Å²) in [5.74, 6) is -0.378. The number of nitrogens with one attached hydrogen (secondary N) is 1. The number of para-hydroxylation sites is 1. The zero-order valence-electron chi connectivity index (χ0n) is 18.0. The molecule has 0 saturated heterocycles. The van der Waals surface area contributed by atoms with E-state index in [9.17, 15) is 23.3 Å². The molecule has 1 aliphatic rings. The topological polar surface area (TPSA) is 131 Å². The number of ether oxygens (including phenoxy) is 1. The average Bonchev–Trinajstić information content (AvgIpc) is 2.74. The van der Waals surface area contributed by atoms with Gasteiger partial charge in [0.2, 0.25) is 0 Å². The van der Waals surface area contributed by atoms with E-state index in [1.54, 1.807) is 34.4 Å². The molecular formula is C19H28N4O7S. The number of hydrogen-bond donors (Lipinski definition) is 1. The van der Waals surface area contributed by atoms with Crippen molar-refractivity contribution in [3.05, 3.63) is 58.7 Å². The van der Waals surface area contributed by atoms with Gasteiger partial charge in [0.25, 0.3) is 21.6 Å². The highest BCUT2D eigenvalue weighted by Crippen LogP contribution is 2.30. The van der Waals surface area contributed by atoms with Gasteiger partial charge in [0, 0.05) is 53.0 Å². The molecule has 1 aromatic rings. The summed E-state index contributed by atoms with van der Waals surface area (Å²) in [6.45, 7) is 3.81. The van der Waals surface area contributed by atoms with E-state index >= 15 is 0 Å². The van der Waals surface area contributed by atoms with Gasteiger partial charge in [-0.05, 0) is 6.07 Å². The average molecular weight is 457 g/mol. The predicted molar refractivity (Wildman–Crippen MR) is 115 cm³/mol. The summed E-state index contributed by atoms with van der Waals surface area (Å²) in [4.78, 5) is 29.3. The van der Waals surface area contributed by atoms with Gasteiger partial charge in [0.1, 0.15) is 0 Å². The Bertz CT molecular complexity index is 916. The van der Waals surface area contributed by atoms with Gasteiger partial charge in [0.15, 0.2) is 4.90 Å². The molecule has 31 heavy (non-hydrogen) atoms. The second kappa shape index (κ2) is 12.3. The highest BCUT2D eigenvalue weighted by Gasteiger charge is 2.41.